The lowest BCUT2D eigenvalue weighted by atomic mass is 10.0. The molecule has 1 aliphatic heterocycles. The molecular weight excluding hydrogens is 445 g/mol. The number of methoxy groups -OCH3 is 3. The zero-order valence-electron chi connectivity index (χ0n) is 16.5. The second-order valence-electron chi connectivity index (χ2n) is 6.36. The molecule has 1 aromatic rings. The molecule has 1 aromatic carbocycles. The summed E-state index contributed by atoms with van der Waals surface area (Å²) in [5.41, 5.74) is 0.973. The van der Waals surface area contributed by atoms with Crippen LogP contribution in [0.5, 0.6) is 17.2 Å². The van der Waals surface area contributed by atoms with Gasteiger partial charge in [-0.05, 0) is 37.8 Å². The van der Waals surface area contributed by atoms with E-state index >= 15 is 0 Å². The van der Waals surface area contributed by atoms with E-state index in [0.717, 1.165) is 31.2 Å². The summed E-state index contributed by atoms with van der Waals surface area (Å²) in [7, 11) is 4.88. The molecule has 0 spiro atoms. The van der Waals surface area contributed by atoms with E-state index in [1.54, 1.807) is 21.3 Å². The number of likely N-dealkylation sites (tertiary alicyclic amines) is 1. The van der Waals surface area contributed by atoms with Gasteiger partial charge in [-0.25, -0.2) is 4.99 Å². The molecule has 0 amide bonds. The Morgan fingerprint density at radius 2 is 1.92 bits per heavy atom. The second kappa shape index (κ2) is 11.4. The van der Waals surface area contributed by atoms with Gasteiger partial charge in [-0.2, -0.15) is 0 Å². The molecule has 1 heterocycles. The highest BCUT2D eigenvalue weighted by atomic mass is 127. The third-order valence-electron chi connectivity index (χ3n) is 4.48. The number of hydrogen-bond acceptors (Lipinski definition) is 4. The Kier molecular flexibility index (Phi) is 9.90. The summed E-state index contributed by atoms with van der Waals surface area (Å²) in [5.74, 6) is 3.60. The van der Waals surface area contributed by atoms with Gasteiger partial charge in [-0.15, -0.1) is 24.0 Å². The molecule has 148 valence electrons. The number of benzene rings is 1. The first kappa shape index (κ1) is 22.7. The van der Waals surface area contributed by atoms with Gasteiger partial charge in [0.1, 0.15) is 0 Å². The average Bonchev–Trinajstić information content (AvgIpc) is 2.64. The van der Waals surface area contributed by atoms with Gasteiger partial charge in [0.25, 0.3) is 0 Å². The molecule has 1 fully saturated rings. The predicted molar refractivity (Wildman–Crippen MR) is 116 cm³/mol. The minimum atomic E-state index is 0. The van der Waals surface area contributed by atoms with Crippen molar-refractivity contribution >= 4 is 29.9 Å². The first-order chi connectivity index (χ1) is 12.1. The van der Waals surface area contributed by atoms with E-state index in [-0.39, 0.29) is 24.0 Å². The third kappa shape index (κ3) is 5.56. The molecule has 1 aliphatic rings. The Morgan fingerprint density at radius 3 is 2.50 bits per heavy atom. The second-order valence-corrected chi connectivity index (χ2v) is 6.36. The molecule has 1 saturated heterocycles. The van der Waals surface area contributed by atoms with Crippen molar-refractivity contribution in [1.82, 2.24) is 10.2 Å². The van der Waals surface area contributed by atoms with Crippen LogP contribution in [0.25, 0.3) is 0 Å². The first-order valence-corrected chi connectivity index (χ1v) is 8.95. The van der Waals surface area contributed by atoms with Gasteiger partial charge in [0.15, 0.2) is 17.5 Å². The highest BCUT2D eigenvalue weighted by Gasteiger charge is 2.20. The monoisotopic (exact) mass is 477 g/mol. The van der Waals surface area contributed by atoms with Crippen LogP contribution in [0, 0.1) is 5.92 Å². The lowest BCUT2D eigenvalue weighted by Crippen LogP contribution is -2.46. The Balaban J connectivity index is 0.00000338. The number of hydrogen-bond donors (Lipinski definition) is 1. The van der Waals surface area contributed by atoms with Crippen molar-refractivity contribution < 1.29 is 14.2 Å². The first-order valence-electron chi connectivity index (χ1n) is 8.95. The van der Waals surface area contributed by atoms with Gasteiger partial charge < -0.3 is 24.4 Å². The van der Waals surface area contributed by atoms with Crippen LogP contribution >= 0.6 is 24.0 Å². The van der Waals surface area contributed by atoms with Crippen LogP contribution in [-0.2, 0) is 6.54 Å². The molecule has 26 heavy (non-hydrogen) atoms. The van der Waals surface area contributed by atoms with Crippen LogP contribution in [0.4, 0.5) is 0 Å². The predicted octanol–water partition coefficient (Wildman–Crippen LogP) is 3.53. The maximum atomic E-state index is 5.56. The molecule has 0 aliphatic carbocycles. The molecule has 6 nitrogen and oxygen atoms in total. The molecule has 1 atom stereocenters. The minimum absolute atomic E-state index is 0. The molecule has 0 aromatic heterocycles. The number of guanidine groups is 1. The summed E-state index contributed by atoms with van der Waals surface area (Å²) in [6.07, 6.45) is 2.50. The molecular formula is C19H32IN3O3. The number of aliphatic imine (C=N–C) groups is 1. The highest BCUT2D eigenvalue weighted by molar-refractivity contribution is 14.0. The summed E-state index contributed by atoms with van der Waals surface area (Å²) in [6, 6.07) is 3.87. The number of halogens is 1. The van der Waals surface area contributed by atoms with Gasteiger partial charge >= 0.3 is 0 Å². The van der Waals surface area contributed by atoms with Gasteiger partial charge in [-0.1, -0.05) is 6.92 Å². The number of ether oxygens (including phenoxy) is 3. The van der Waals surface area contributed by atoms with Crippen molar-refractivity contribution in [2.45, 2.75) is 33.2 Å². The van der Waals surface area contributed by atoms with Crippen LogP contribution in [-0.4, -0.2) is 51.8 Å². The number of nitrogens with one attached hydrogen (secondary N) is 1. The Morgan fingerprint density at radius 1 is 1.19 bits per heavy atom. The van der Waals surface area contributed by atoms with Gasteiger partial charge in [0.05, 0.1) is 27.9 Å². The molecule has 2 rings (SSSR count). The molecule has 0 saturated carbocycles. The Bertz CT molecular complexity index is 596. The third-order valence-corrected chi connectivity index (χ3v) is 4.48. The SMILES string of the molecule is CCNC(=NCc1ccc(OC)c(OC)c1OC)N1CCCC(C)C1.I. The molecule has 0 bridgehead atoms. The Hall–Kier alpha value is -1.38. The van der Waals surface area contributed by atoms with Gasteiger partial charge in [0.2, 0.25) is 5.75 Å². The maximum Gasteiger partial charge on any atom is 0.203 e. The smallest absolute Gasteiger partial charge is 0.203 e. The van der Waals surface area contributed by atoms with Crippen LogP contribution in [0.3, 0.4) is 0 Å². The fourth-order valence-electron chi connectivity index (χ4n) is 3.26. The van der Waals surface area contributed by atoms with E-state index in [4.69, 9.17) is 19.2 Å². The fraction of sp³-hybridized carbons (Fsp3) is 0.632. The summed E-state index contributed by atoms with van der Waals surface area (Å²) in [4.78, 5) is 7.19. The lowest BCUT2D eigenvalue weighted by molar-refractivity contribution is 0.266. The quantitative estimate of drug-likeness (QED) is 0.386. The van der Waals surface area contributed by atoms with Crippen molar-refractivity contribution in [1.29, 1.82) is 0 Å². The summed E-state index contributed by atoms with van der Waals surface area (Å²) in [5, 5.41) is 3.41. The summed E-state index contributed by atoms with van der Waals surface area (Å²) < 4.78 is 16.4. The van der Waals surface area contributed by atoms with Crippen LogP contribution in [0.1, 0.15) is 32.3 Å². The largest absolute Gasteiger partial charge is 0.493 e. The van der Waals surface area contributed by atoms with E-state index in [1.165, 1.54) is 12.8 Å². The lowest BCUT2D eigenvalue weighted by Gasteiger charge is -2.33. The number of piperidine rings is 1. The Labute approximate surface area is 174 Å². The normalized spacial score (nSPS) is 17.3. The van der Waals surface area contributed by atoms with Crippen LogP contribution in [0.15, 0.2) is 17.1 Å². The van der Waals surface area contributed by atoms with E-state index in [9.17, 15) is 0 Å². The van der Waals surface area contributed by atoms with Gasteiger partial charge in [0, 0.05) is 25.2 Å². The topological polar surface area (TPSA) is 55.3 Å². The van der Waals surface area contributed by atoms with Crippen LogP contribution < -0.4 is 19.5 Å². The highest BCUT2D eigenvalue weighted by Crippen LogP contribution is 2.40. The molecule has 1 unspecified atom stereocenters. The zero-order chi connectivity index (χ0) is 18.2. The average molecular weight is 477 g/mol. The van der Waals surface area contributed by atoms with E-state index in [0.29, 0.717) is 29.7 Å². The number of rotatable bonds is 6. The standard InChI is InChI=1S/C19H31N3O3.HI/c1-6-20-19(22-11-7-8-14(2)13-22)21-12-15-9-10-16(23-3)18(25-5)17(15)24-4;/h9-10,14H,6-8,11-13H2,1-5H3,(H,20,21);1H. The molecule has 1 N–H and O–H groups in total. The van der Waals surface area contributed by atoms with Crippen molar-refractivity contribution in [3.8, 4) is 17.2 Å². The number of nitrogens with zero attached hydrogens (tertiary/aromatic N) is 2. The van der Waals surface area contributed by atoms with Crippen molar-refractivity contribution in [2.24, 2.45) is 10.9 Å². The van der Waals surface area contributed by atoms with E-state index < -0.39 is 0 Å². The van der Waals surface area contributed by atoms with Crippen molar-refractivity contribution in [3.63, 3.8) is 0 Å². The summed E-state index contributed by atoms with van der Waals surface area (Å²) in [6.45, 7) is 7.88. The van der Waals surface area contributed by atoms with Crippen LogP contribution in [0.2, 0.25) is 0 Å². The van der Waals surface area contributed by atoms with Crippen molar-refractivity contribution in [2.75, 3.05) is 41.0 Å². The zero-order valence-corrected chi connectivity index (χ0v) is 18.8. The van der Waals surface area contributed by atoms with Crippen molar-refractivity contribution in [3.05, 3.63) is 17.7 Å². The van der Waals surface area contributed by atoms with E-state index in [1.807, 2.05) is 12.1 Å². The summed E-state index contributed by atoms with van der Waals surface area (Å²) >= 11 is 0. The molecule has 0 radical (unpaired) electrons. The maximum absolute atomic E-state index is 5.56. The molecule has 7 heteroatoms. The minimum Gasteiger partial charge on any atom is -0.493 e. The van der Waals surface area contributed by atoms with E-state index in [2.05, 4.69) is 24.1 Å². The van der Waals surface area contributed by atoms with Gasteiger partial charge in [-0.3, -0.25) is 0 Å². The fourth-order valence-corrected chi connectivity index (χ4v) is 3.26.